The number of aromatic nitrogens is 5. The van der Waals surface area contributed by atoms with E-state index >= 15 is 0 Å². The molecule has 4 rings (SSSR count). The highest BCUT2D eigenvalue weighted by Gasteiger charge is 2.17. The van der Waals surface area contributed by atoms with Crippen molar-refractivity contribution in [3.8, 4) is 0 Å². The predicted octanol–water partition coefficient (Wildman–Crippen LogP) is 0.829. The molecule has 3 aromatic rings. The summed E-state index contributed by atoms with van der Waals surface area (Å²) in [5.41, 5.74) is 1.73. The smallest absolute Gasteiger partial charge is 0.240 e. The van der Waals surface area contributed by atoms with Gasteiger partial charge in [0.1, 0.15) is 11.6 Å². The van der Waals surface area contributed by atoms with Crippen LogP contribution >= 0.6 is 0 Å². The Labute approximate surface area is 132 Å². The Bertz CT molecular complexity index is 818. The second-order valence-corrected chi connectivity index (χ2v) is 5.54. The van der Waals surface area contributed by atoms with Gasteiger partial charge < -0.3 is 14.9 Å². The van der Waals surface area contributed by atoms with Crippen LogP contribution in [0.3, 0.4) is 0 Å². The van der Waals surface area contributed by atoms with Crippen LogP contribution < -0.4 is 10.6 Å². The Morgan fingerprint density at radius 2 is 2.22 bits per heavy atom. The number of rotatable bonds is 5. The number of fused-ring (bicyclic) bond motifs is 2. The molecule has 1 amide bonds. The van der Waals surface area contributed by atoms with Gasteiger partial charge in [-0.05, 0) is 18.6 Å². The number of benzene rings is 1. The molecule has 118 valence electrons. The molecule has 23 heavy (non-hydrogen) atoms. The van der Waals surface area contributed by atoms with Gasteiger partial charge in [-0.25, -0.2) is 4.98 Å². The number of hydrogen-bond acceptors (Lipinski definition) is 5. The molecule has 0 saturated heterocycles. The van der Waals surface area contributed by atoms with Crippen molar-refractivity contribution in [3.63, 3.8) is 0 Å². The van der Waals surface area contributed by atoms with Crippen molar-refractivity contribution in [2.45, 2.75) is 25.9 Å². The molecular formula is C15H17N7O. The van der Waals surface area contributed by atoms with Crippen molar-refractivity contribution in [2.24, 2.45) is 0 Å². The molecule has 3 heterocycles. The van der Waals surface area contributed by atoms with Gasteiger partial charge in [-0.1, -0.05) is 12.1 Å². The van der Waals surface area contributed by atoms with Gasteiger partial charge in [0.2, 0.25) is 11.9 Å². The van der Waals surface area contributed by atoms with Gasteiger partial charge in [-0.15, -0.1) is 10.2 Å². The van der Waals surface area contributed by atoms with E-state index in [4.69, 9.17) is 0 Å². The lowest BCUT2D eigenvalue weighted by atomic mass is 10.3. The summed E-state index contributed by atoms with van der Waals surface area (Å²) < 4.78 is 2.12. The maximum Gasteiger partial charge on any atom is 0.240 e. The molecule has 0 radical (unpaired) electrons. The molecule has 0 atom stereocenters. The number of para-hydroxylation sites is 2. The van der Waals surface area contributed by atoms with Crippen LogP contribution in [0.2, 0.25) is 0 Å². The fraction of sp³-hybridized carbons (Fsp3) is 0.333. The van der Waals surface area contributed by atoms with Crippen molar-refractivity contribution in [1.29, 1.82) is 0 Å². The predicted molar refractivity (Wildman–Crippen MR) is 84.8 cm³/mol. The summed E-state index contributed by atoms with van der Waals surface area (Å²) in [5.74, 6) is 2.23. The number of nitrogens with one attached hydrogen (secondary N) is 3. The van der Waals surface area contributed by atoms with E-state index in [1.807, 2.05) is 24.3 Å². The SMILES string of the molecule is O=C(CNCc1nnc2n1CCC2)Nc1nc2ccccc2[nH]1. The summed E-state index contributed by atoms with van der Waals surface area (Å²) in [6, 6.07) is 7.64. The lowest BCUT2D eigenvalue weighted by Crippen LogP contribution is -2.29. The monoisotopic (exact) mass is 311 g/mol. The Balaban J connectivity index is 1.31. The average Bonchev–Trinajstić information content (AvgIpc) is 3.22. The molecule has 0 fully saturated rings. The molecule has 0 bridgehead atoms. The molecular weight excluding hydrogens is 294 g/mol. The first-order valence-electron chi connectivity index (χ1n) is 7.66. The highest BCUT2D eigenvalue weighted by atomic mass is 16.2. The minimum Gasteiger partial charge on any atom is -0.324 e. The number of aryl methyl sites for hydroxylation is 1. The molecule has 1 aliphatic heterocycles. The highest BCUT2D eigenvalue weighted by molar-refractivity contribution is 5.92. The van der Waals surface area contributed by atoms with E-state index in [1.165, 1.54) is 0 Å². The van der Waals surface area contributed by atoms with Crippen molar-refractivity contribution >= 4 is 22.9 Å². The van der Waals surface area contributed by atoms with Crippen LogP contribution in [-0.2, 0) is 24.3 Å². The largest absolute Gasteiger partial charge is 0.324 e. The van der Waals surface area contributed by atoms with Crippen LogP contribution in [0.15, 0.2) is 24.3 Å². The van der Waals surface area contributed by atoms with Crippen molar-refractivity contribution < 1.29 is 4.79 Å². The van der Waals surface area contributed by atoms with Crippen molar-refractivity contribution in [2.75, 3.05) is 11.9 Å². The zero-order valence-electron chi connectivity index (χ0n) is 12.5. The lowest BCUT2D eigenvalue weighted by Gasteiger charge is -2.05. The highest BCUT2D eigenvalue weighted by Crippen LogP contribution is 2.14. The number of hydrogen-bond donors (Lipinski definition) is 3. The van der Waals surface area contributed by atoms with Crippen LogP contribution in [0, 0.1) is 0 Å². The maximum atomic E-state index is 12.0. The van der Waals surface area contributed by atoms with Gasteiger partial charge in [0.15, 0.2) is 0 Å². The van der Waals surface area contributed by atoms with Gasteiger partial charge in [-0.3, -0.25) is 10.1 Å². The average molecular weight is 311 g/mol. The van der Waals surface area contributed by atoms with Gasteiger partial charge in [0.25, 0.3) is 0 Å². The molecule has 1 aliphatic rings. The Morgan fingerprint density at radius 3 is 3.13 bits per heavy atom. The molecule has 1 aromatic carbocycles. The summed E-state index contributed by atoms with van der Waals surface area (Å²) >= 11 is 0. The van der Waals surface area contributed by atoms with E-state index in [0.29, 0.717) is 12.5 Å². The fourth-order valence-electron chi connectivity index (χ4n) is 2.82. The summed E-state index contributed by atoms with van der Waals surface area (Å²) in [4.78, 5) is 19.4. The van der Waals surface area contributed by atoms with E-state index in [2.05, 4.69) is 35.4 Å². The minimum absolute atomic E-state index is 0.148. The number of anilines is 1. The molecule has 0 aliphatic carbocycles. The van der Waals surface area contributed by atoms with Crippen LogP contribution in [0.4, 0.5) is 5.95 Å². The van der Waals surface area contributed by atoms with Crippen molar-refractivity contribution in [1.82, 2.24) is 30.0 Å². The standard InChI is InChI=1S/C15H17N7O/c23-14(19-15-17-10-4-1-2-5-11(10)18-15)9-16-8-13-21-20-12-6-3-7-22(12)13/h1-2,4-5,16H,3,6-9H2,(H2,17,18,19,23). The molecule has 0 unspecified atom stereocenters. The fourth-order valence-corrected chi connectivity index (χ4v) is 2.82. The quantitative estimate of drug-likeness (QED) is 0.648. The second kappa shape index (κ2) is 5.81. The van der Waals surface area contributed by atoms with Gasteiger partial charge in [0.05, 0.1) is 24.1 Å². The van der Waals surface area contributed by atoms with Gasteiger partial charge >= 0.3 is 0 Å². The number of imidazole rings is 1. The molecule has 2 aromatic heterocycles. The van der Waals surface area contributed by atoms with E-state index in [9.17, 15) is 4.79 Å². The summed E-state index contributed by atoms with van der Waals surface area (Å²) in [7, 11) is 0. The number of nitrogens with zero attached hydrogens (tertiary/aromatic N) is 4. The number of carbonyl (C=O) groups excluding carboxylic acids is 1. The summed E-state index contributed by atoms with van der Waals surface area (Å²) in [6.45, 7) is 1.68. The topological polar surface area (TPSA) is 101 Å². The Kier molecular flexibility index (Phi) is 3.51. The van der Waals surface area contributed by atoms with Crippen LogP contribution in [0.1, 0.15) is 18.1 Å². The third kappa shape index (κ3) is 2.80. The Morgan fingerprint density at radius 1 is 1.30 bits per heavy atom. The maximum absolute atomic E-state index is 12.0. The minimum atomic E-state index is -0.148. The van der Waals surface area contributed by atoms with Crippen molar-refractivity contribution in [3.05, 3.63) is 35.9 Å². The lowest BCUT2D eigenvalue weighted by molar-refractivity contribution is -0.115. The van der Waals surface area contributed by atoms with Gasteiger partial charge in [-0.2, -0.15) is 0 Å². The van der Waals surface area contributed by atoms with E-state index in [-0.39, 0.29) is 12.5 Å². The number of carbonyl (C=O) groups is 1. The van der Waals surface area contributed by atoms with E-state index in [1.54, 1.807) is 0 Å². The molecule has 8 heteroatoms. The second-order valence-electron chi connectivity index (χ2n) is 5.54. The first-order valence-corrected chi connectivity index (χ1v) is 7.66. The summed E-state index contributed by atoms with van der Waals surface area (Å²) in [5, 5.41) is 14.1. The molecule has 0 spiro atoms. The molecule has 8 nitrogen and oxygen atoms in total. The third-order valence-electron chi connectivity index (χ3n) is 3.90. The molecule has 3 N–H and O–H groups in total. The zero-order chi connectivity index (χ0) is 15.6. The first kappa shape index (κ1) is 13.9. The number of amides is 1. The first-order chi connectivity index (χ1) is 11.3. The normalized spacial score (nSPS) is 13.4. The van der Waals surface area contributed by atoms with Crippen LogP contribution in [0.25, 0.3) is 11.0 Å². The van der Waals surface area contributed by atoms with Gasteiger partial charge in [0, 0.05) is 13.0 Å². The van der Waals surface area contributed by atoms with E-state index < -0.39 is 0 Å². The van der Waals surface area contributed by atoms with Crippen LogP contribution in [0.5, 0.6) is 0 Å². The molecule has 0 saturated carbocycles. The number of aromatic amines is 1. The summed E-state index contributed by atoms with van der Waals surface area (Å²) in [6.07, 6.45) is 2.10. The number of H-pyrrole nitrogens is 1. The Hall–Kier alpha value is -2.74. The third-order valence-corrected chi connectivity index (χ3v) is 3.90. The van der Waals surface area contributed by atoms with E-state index in [0.717, 1.165) is 42.1 Å². The van der Waals surface area contributed by atoms with Crippen LogP contribution in [-0.4, -0.2) is 37.2 Å². The zero-order valence-corrected chi connectivity index (χ0v) is 12.5.